The maximum absolute atomic E-state index is 4.02. The summed E-state index contributed by atoms with van der Waals surface area (Å²) in [4.78, 5) is 0. The lowest BCUT2D eigenvalue weighted by Crippen LogP contribution is -1.83. The van der Waals surface area contributed by atoms with Crippen LogP contribution in [0.5, 0.6) is 0 Å². The van der Waals surface area contributed by atoms with E-state index in [2.05, 4.69) is 17.9 Å². The molecule has 44 valence electrons. The van der Waals surface area contributed by atoms with E-state index in [9.17, 15) is 0 Å². The summed E-state index contributed by atoms with van der Waals surface area (Å²) in [6.07, 6.45) is 0. The molecule has 0 aliphatic rings. The Morgan fingerprint density at radius 3 is 2.38 bits per heavy atom. The van der Waals surface area contributed by atoms with Crippen LogP contribution in [0.4, 0.5) is 0 Å². The summed E-state index contributed by atoms with van der Waals surface area (Å²) in [5.41, 5.74) is 2.09. The maximum Gasteiger partial charge on any atom is 0.0607 e. The van der Waals surface area contributed by atoms with E-state index in [4.69, 9.17) is 0 Å². The molecule has 0 aliphatic heterocycles. The molecule has 0 atom stereocenters. The molecule has 1 heterocycles. The van der Waals surface area contributed by atoms with E-state index in [0.29, 0.717) is 0 Å². The summed E-state index contributed by atoms with van der Waals surface area (Å²) < 4.78 is 1.56. The van der Waals surface area contributed by atoms with Gasteiger partial charge in [0.25, 0.3) is 0 Å². The average Bonchev–Trinajstić information content (AvgIpc) is 1.85. The molecule has 1 rings (SSSR count). The van der Waals surface area contributed by atoms with Crippen molar-refractivity contribution < 1.29 is 0 Å². The van der Waals surface area contributed by atoms with Gasteiger partial charge >= 0.3 is 0 Å². The molecule has 0 aromatic carbocycles. The molecule has 0 radical (unpaired) electrons. The van der Waals surface area contributed by atoms with Gasteiger partial charge in [0.2, 0.25) is 0 Å². The van der Waals surface area contributed by atoms with Crippen molar-refractivity contribution in [2.45, 2.75) is 13.8 Å². The molecule has 0 saturated heterocycles. The minimum atomic E-state index is 1.01. The van der Waals surface area contributed by atoms with E-state index in [1.165, 1.54) is 0 Å². The Balaban J connectivity index is 3.14. The van der Waals surface area contributed by atoms with Gasteiger partial charge in [0.15, 0.2) is 0 Å². The van der Waals surface area contributed by atoms with Gasteiger partial charge in [0.1, 0.15) is 0 Å². The van der Waals surface area contributed by atoms with Crippen molar-refractivity contribution in [3.63, 3.8) is 0 Å². The van der Waals surface area contributed by atoms with E-state index in [1.54, 1.807) is 4.09 Å². The largest absolute Gasteiger partial charge is 0.214 e. The van der Waals surface area contributed by atoms with Crippen LogP contribution in [-0.2, 0) is 0 Å². The zero-order valence-corrected chi connectivity index (χ0v) is 5.81. The summed E-state index contributed by atoms with van der Waals surface area (Å²) in [6.45, 7) is 3.91. The zero-order chi connectivity index (χ0) is 6.15. The zero-order valence-electron chi connectivity index (χ0n) is 4.92. The molecule has 0 N–H and O–H groups in total. The normalized spacial score (nSPS) is 9.88. The standard InChI is InChI=1S/C5H8N2S/c1-4-3-5(2)7(8)6-4/h3,8H,1-2H3. The number of thiol groups is 1. The van der Waals surface area contributed by atoms with Crippen LogP contribution in [0.1, 0.15) is 11.4 Å². The lowest BCUT2D eigenvalue weighted by Gasteiger charge is -1.85. The average molecular weight is 128 g/mol. The Morgan fingerprint density at radius 1 is 1.62 bits per heavy atom. The monoisotopic (exact) mass is 128 g/mol. The molecule has 0 saturated carbocycles. The van der Waals surface area contributed by atoms with Crippen molar-refractivity contribution in [3.05, 3.63) is 17.5 Å². The molecular weight excluding hydrogens is 120 g/mol. The highest BCUT2D eigenvalue weighted by Crippen LogP contribution is 2.00. The Morgan fingerprint density at radius 2 is 2.25 bits per heavy atom. The third kappa shape index (κ3) is 0.865. The van der Waals surface area contributed by atoms with Gasteiger partial charge in [-0.3, -0.25) is 0 Å². The van der Waals surface area contributed by atoms with Crippen molar-refractivity contribution in [2.75, 3.05) is 0 Å². The molecule has 0 amide bonds. The summed E-state index contributed by atoms with van der Waals surface area (Å²) in [7, 11) is 0. The smallest absolute Gasteiger partial charge is 0.0607 e. The van der Waals surface area contributed by atoms with Crippen LogP contribution in [0, 0.1) is 13.8 Å². The number of aromatic nitrogens is 2. The summed E-state index contributed by atoms with van der Waals surface area (Å²) in [5.74, 6) is 0. The third-order valence-electron chi connectivity index (χ3n) is 0.986. The Kier molecular flexibility index (Phi) is 1.29. The van der Waals surface area contributed by atoms with Crippen molar-refractivity contribution in [1.82, 2.24) is 9.19 Å². The predicted molar refractivity (Wildman–Crippen MR) is 36.1 cm³/mol. The quantitative estimate of drug-likeness (QED) is 0.520. The van der Waals surface area contributed by atoms with Gasteiger partial charge in [-0.05, 0) is 32.7 Å². The summed E-state index contributed by atoms with van der Waals surface area (Å²) in [6, 6.07) is 1.98. The van der Waals surface area contributed by atoms with E-state index >= 15 is 0 Å². The third-order valence-corrected chi connectivity index (χ3v) is 1.39. The van der Waals surface area contributed by atoms with Gasteiger partial charge < -0.3 is 0 Å². The summed E-state index contributed by atoms with van der Waals surface area (Å²) >= 11 is 4.02. The predicted octanol–water partition coefficient (Wildman–Crippen LogP) is 1.19. The van der Waals surface area contributed by atoms with Crippen molar-refractivity contribution >= 4 is 12.8 Å². The minimum Gasteiger partial charge on any atom is -0.214 e. The molecule has 0 fully saturated rings. The summed E-state index contributed by atoms with van der Waals surface area (Å²) in [5, 5.41) is 3.99. The van der Waals surface area contributed by atoms with Gasteiger partial charge in [0.05, 0.1) is 5.69 Å². The van der Waals surface area contributed by atoms with Crippen molar-refractivity contribution in [2.24, 2.45) is 0 Å². The van der Waals surface area contributed by atoms with Gasteiger partial charge in [0, 0.05) is 5.69 Å². The Labute approximate surface area is 54.1 Å². The second-order valence-corrected chi connectivity index (χ2v) is 2.20. The molecule has 3 heteroatoms. The van der Waals surface area contributed by atoms with Crippen LogP contribution < -0.4 is 0 Å². The van der Waals surface area contributed by atoms with Crippen LogP contribution >= 0.6 is 12.8 Å². The lowest BCUT2D eigenvalue weighted by molar-refractivity contribution is 0.955. The highest BCUT2D eigenvalue weighted by molar-refractivity contribution is 7.78. The molecular formula is C5H8N2S. The topological polar surface area (TPSA) is 17.8 Å². The second-order valence-electron chi connectivity index (χ2n) is 1.82. The molecule has 1 aromatic rings. The lowest BCUT2D eigenvalue weighted by atomic mass is 10.4. The highest BCUT2D eigenvalue weighted by Gasteiger charge is 1.92. The van der Waals surface area contributed by atoms with Gasteiger partial charge in [-0.15, -0.1) is 0 Å². The molecule has 8 heavy (non-hydrogen) atoms. The first-order chi connectivity index (χ1) is 3.70. The van der Waals surface area contributed by atoms with Crippen molar-refractivity contribution in [1.29, 1.82) is 0 Å². The first kappa shape index (κ1) is 5.69. The molecule has 0 unspecified atom stereocenters. The first-order valence-electron chi connectivity index (χ1n) is 2.42. The molecule has 1 aromatic heterocycles. The molecule has 0 spiro atoms. The van der Waals surface area contributed by atoms with Crippen LogP contribution in [0.15, 0.2) is 6.07 Å². The van der Waals surface area contributed by atoms with Gasteiger partial charge in [-0.2, -0.15) is 5.10 Å². The fourth-order valence-electron chi connectivity index (χ4n) is 0.617. The number of aryl methyl sites for hydroxylation is 2. The highest BCUT2D eigenvalue weighted by atomic mass is 32.1. The molecule has 2 nitrogen and oxygen atoms in total. The van der Waals surface area contributed by atoms with Crippen molar-refractivity contribution in [3.8, 4) is 0 Å². The minimum absolute atomic E-state index is 1.01. The number of hydrogen-bond acceptors (Lipinski definition) is 2. The van der Waals surface area contributed by atoms with E-state index in [-0.39, 0.29) is 0 Å². The maximum atomic E-state index is 4.02. The van der Waals surface area contributed by atoms with Crippen LogP contribution in [0.25, 0.3) is 0 Å². The van der Waals surface area contributed by atoms with Gasteiger partial charge in [-0.1, -0.05) is 0 Å². The van der Waals surface area contributed by atoms with Crippen LogP contribution in [0.2, 0.25) is 0 Å². The fourth-order valence-corrected chi connectivity index (χ4v) is 0.816. The number of hydrogen-bond donors (Lipinski definition) is 1. The fraction of sp³-hybridized carbons (Fsp3) is 0.400. The van der Waals surface area contributed by atoms with E-state index < -0.39 is 0 Å². The number of rotatable bonds is 0. The molecule has 0 aliphatic carbocycles. The SMILES string of the molecule is Cc1cc(C)n(S)n1. The number of nitrogens with zero attached hydrogens (tertiary/aromatic N) is 2. The Hall–Kier alpha value is -0.440. The molecule has 0 bridgehead atoms. The Bertz CT molecular complexity index is 173. The first-order valence-corrected chi connectivity index (χ1v) is 2.82. The van der Waals surface area contributed by atoms with Gasteiger partial charge in [-0.25, -0.2) is 4.09 Å². The second kappa shape index (κ2) is 1.82. The van der Waals surface area contributed by atoms with E-state index in [0.717, 1.165) is 11.4 Å². The van der Waals surface area contributed by atoms with E-state index in [1.807, 2.05) is 19.9 Å². The van der Waals surface area contributed by atoms with Crippen LogP contribution in [-0.4, -0.2) is 9.19 Å². The van der Waals surface area contributed by atoms with Crippen LogP contribution in [0.3, 0.4) is 0 Å².